The zero-order chi connectivity index (χ0) is 10.0. The van der Waals surface area contributed by atoms with Gasteiger partial charge in [0.25, 0.3) is 0 Å². The second-order valence-electron chi connectivity index (χ2n) is 2.89. The molecule has 0 amide bonds. The molecule has 13 heavy (non-hydrogen) atoms. The van der Waals surface area contributed by atoms with Crippen LogP contribution in [0.15, 0.2) is 0 Å². The highest BCUT2D eigenvalue weighted by Crippen LogP contribution is 2.26. The SMILES string of the molecule is COC1O[C@H](CO)[C@@H](O)[C@H]([123I])[C@@H]1O. The van der Waals surface area contributed by atoms with Gasteiger partial charge in [0.15, 0.2) is 6.29 Å². The van der Waals surface area contributed by atoms with E-state index in [-0.39, 0.29) is 6.61 Å². The molecule has 5 atom stereocenters. The summed E-state index contributed by atoms with van der Waals surface area (Å²) in [6.07, 6.45) is -3.20. The molecule has 0 aliphatic carbocycles. The van der Waals surface area contributed by atoms with Crippen LogP contribution in [0.25, 0.3) is 0 Å². The Morgan fingerprint density at radius 2 is 2.00 bits per heavy atom. The fourth-order valence-corrected chi connectivity index (χ4v) is 2.04. The summed E-state index contributed by atoms with van der Waals surface area (Å²) in [5, 5.41) is 27.9. The quantitative estimate of drug-likeness (QED) is 0.444. The average Bonchev–Trinajstić information content (AvgIpc) is 2.15. The molecule has 1 aliphatic rings. The van der Waals surface area contributed by atoms with E-state index in [1.54, 1.807) is 0 Å². The van der Waals surface area contributed by atoms with Gasteiger partial charge in [-0.1, -0.05) is 22.6 Å². The maximum absolute atomic E-state index is 9.52. The fraction of sp³-hybridized carbons (Fsp3) is 1.00. The van der Waals surface area contributed by atoms with Gasteiger partial charge in [-0.3, -0.25) is 0 Å². The molecule has 1 rings (SSSR count). The first kappa shape index (κ1) is 11.6. The van der Waals surface area contributed by atoms with Gasteiger partial charge in [0.2, 0.25) is 0 Å². The van der Waals surface area contributed by atoms with Gasteiger partial charge in [0.1, 0.15) is 12.2 Å². The molecule has 0 radical (unpaired) electrons. The molecule has 1 unspecified atom stereocenters. The van der Waals surface area contributed by atoms with Crippen LogP contribution in [0.1, 0.15) is 0 Å². The Bertz CT molecular complexity index is 147. The van der Waals surface area contributed by atoms with Crippen molar-refractivity contribution in [1.82, 2.24) is 0 Å². The normalized spacial score (nSPS) is 46.4. The standard InChI is InChI=1S/C7H13IO5/c1-12-7-6(11)4(8)5(10)3(2-9)13-7/h3-7,9-11H,2H2,1H3/t3-,4+,5-,6+,7?/m1/s1/i8-4. The van der Waals surface area contributed by atoms with Gasteiger partial charge in [0, 0.05) is 7.11 Å². The van der Waals surface area contributed by atoms with Crippen LogP contribution in [0.5, 0.6) is 0 Å². The summed E-state index contributed by atoms with van der Waals surface area (Å²) in [6.45, 7) is -0.284. The zero-order valence-corrected chi connectivity index (χ0v) is 9.29. The number of halogens is 1. The minimum Gasteiger partial charge on any atom is -0.394 e. The van der Waals surface area contributed by atoms with E-state index in [4.69, 9.17) is 14.6 Å². The van der Waals surface area contributed by atoms with Gasteiger partial charge >= 0.3 is 0 Å². The molecule has 0 aromatic carbocycles. The highest BCUT2D eigenvalue weighted by atomic mass is 123. The van der Waals surface area contributed by atoms with E-state index < -0.39 is 28.5 Å². The third-order valence-corrected chi connectivity index (χ3v) is 3.51. The molecule has 0 aromatic rings. The predicted octanol–water partition coefficient (Wildman–Crippen LogP) is -1.12. The molecule has 0 bridgehead atoms. The van der Waals surface area contributed by atoms with E-state index in [2.05, 4.69) is 0 Å². The number of rotatable bonds is 2. The van der Waals surface area contributed by atoms with Crippen LogP contribution in [0.4, 0.5) is 0 Å². The zero-order valence-electron chi connectivity index (χ0n) is 7.13. The van der Waals surface area contributed by atoms with E-state index in [9.17, 15) is 10.2 Å². The number of hydrogen-bond acceptors (Lipinski definition) is 5. The second-order valence-corrected chi connectivity index (χ2v) is 4.33. The van der Waals surface area contributed by atoms with Crippen LogP contribution in [0, 0.1) is 0 Å². The molecule has 3 N–H and O–H groups in total. The predicted molar refractivity (Wildman–Crippen MR) is 52.6 cm³/mol. The molecule has 1 aliphatic heterocycles. The summed E-state index contributed by atoms with van der Waals surface area (Å²) in [5.74, 6) is 0. The van der Waals surface area contributed by atoms with Crippen LogP contribution in [-0.4, -0.2) is 57.6 Å². The van der Waals surface area contributed by atoms with Crippen molar-refractivity contribution >= 4 is 22.6 Å². The Kier molecular flexibility index (Phi) is 4.33. The molecule has 0 aromatic heterocycles. The molecule has 1 heterocycles. The van der Waals surface area contributed by atoms with Crippen LogP contribution in [0.3, 0.4) is 0 Å². The van der Waals surface area contributed by atoms with Crippen molar-refractivity contribution in [2.24, 2.45) is 0 Å². The Balaban J connectivity index is 2.66. The van der Waals surface area contributed by atoms with Crippen molar-refractivity contribution in [1.29, 1.82) is 0 Å². The smallest absolute Gasteiger partial charge is 0.184 e. The lowest BCUT2D eigenvalue weighted by atomic mass is 10.0. The van der Waals surface area contributed by atoms with Gasteiger partial charge in [0.05, 0.1) is 16.6 Å². The van der Waals surface area contributed by atoms with E-state index in [1.807, 2.05) is 22.6 Å². The summed E-state index contributed by atoms with van der Waals surface area (Å²) in [5.41, 5.74) is 0. The minimum atomic E-state index is -0.872. The Morgan fingerprint density at radius 3 is 2.46 bits per heavy atom. The summed E-state index contributed by atoms with van der Waals surface area (Å²) >= 11 is 1.91. The van der Waals surface area contributed by atoms with E-state index in [1.165, 1.54) is 7.11 Å². The fourth-order valence-electron chi connectivity index (χ4n) is 1.24. The van der Waals surface area contributed by atoms with E-state index in [0.29, 0.717) is 0 Å². The molecule has 0 saturated carbocycles. The highest BCUT2D eigenvalue weighted by molar-refractivity contribution is 14.1. The largest absolute Gasteiger partial charge is 0.394 e. The number of methoxy groups -OCH3 is 1. The lowest BCUT2D eigenvalue weighted by Gasteiger charge is -2.39. The monoisotopic (exact) mass is 300 g/mol. The lowest BCUT2D eigenvalue weighted by molar-refractivity contribution is -0.256. The van der Waals surface area contributed by atoms with E-state index >= 15 is 0 Å². The first-order chi connectivity index (χ1) is 6.11. The topological polar surface area (TPSA) is 79.2 Å². The van der Waals surface area contributed by atoms with Crippen molar-refractivity contribution in [3.8, 4) is 0 Å². The number of aliphatic hydroxyl groups is 3. The van der Waals surface area contributed by atoms with Crippen LogP contribution in [-0.2, 0) is 9.47 Å². The number of aliphatic hydroxyl groups excluding tert-OH is 3. The second kappa shape index (κ2) is 4.85. The number of alkyl halides is 1. The third kappa shape index (κ3) is 2.31. The lowest BCUT2D eigenvalue weighted by Crippen LogP contribution is -2.56. The van der Waals surface area contributed by atoms with Crippen molar-refractivity contribution in [3.63, 3.8) is 0 Å². The van der Waals surface area contributed by atoms with Crippen LogP contribution >= 0.6 is 22.6 Å². The van der Waals surface area contributed by atoms with Crippen molar-refractivity contribution in [2.45, 2.75) is 28.5 Å². The van der Waals surface area contributed by atoms with Gasteiger partial charge in [-0.2, -0.15) is 0 Å². The summed E-state index contributed by atoms with van der Waals surface area (Å²) in [4.78, 5) is 0. The first-order valence-electron chi connectivity index (χ1n) is 3.91. The summed E-state index contributed by atoms with van der Waals surface area (Å²) < 4.78 is 9.56. The molecule has 78 valence electrons. The third-order valence-electron chi connectivity index (χ3n) is 2.03. The van der Waals surface area contributed by atoms with Gasteiger partial charge in [-0.15, -0.1) is 0 Å². The average molecular weight is 300 g/mol. The molecular formula is C7H13IO5. The van der Waals surface area contributed by atoms with Crippen molar-refractivity contribution in [3.05, 3.63) is 0 Å². The van der Waals surface area contributed by atoms with Gasteiger partial charge in [-0.25, -0.2) is 0 Å². The minimum absolute atomic E-state index is 0.284. The number of ether oxygens (including phenoxy) is 2. The Morgan fingerprint density at radius 1 is 1.38 bits per heavy atom. The maximum Gasteiger partial charge on any atom is 0.184 e. The van der Waals surface area contributed by atoms with Crippen LogP contribution in [0.2, 0.25) is 0 Å². The Hall–Kier alpha value is 0.530. The molecule has 1 fully saturated rings. The molecule has 1 saturated heterocycles. The van der Waals surface area contributed by atoms with Crippen molar-refractivity contribution in [2.75, 3.05) is 13.7 Å². The highest BCUT2D eigenvalue weighted by Gasteiger charge is 2.42. The molecule has 5 nitrogen and oxygen atoms in total. The van der Waals surface area contributed by atoms with E-state index in [0.717, 1.165) is 0 Å². The van der Waals surface area contributed by atoms with Gasteiger partial charge < -0.3 is 24.8 Å². The molecule has 6 heteroatoms. The summed E-state index contributed by atoms with van der Waals surface area (Å²) in [7, 11) is 1.41. The van der Waals surface area contributed by atoms with Crippen LogP contribution < -0.4 is 0 Å². The molecule has 0 spiro atoms. The van der Waals surface area contributed by atoms with Crippen molar-refractivity contribution < 1.29 is 24.8 Å². The first-order valence-corrected chi connectivity index (χ1v) is 5.15. The molecular weight excluding hydrogens is 287 g/mol. The number of hydrogen-bond donors (Lipinski definition) is 3. The Labute approximate surface area is 89.8 Å². The summed E-state index contributed by atoms with van der Waals surface area (Å²) in [6, 6.07) is 0. The maximum atomic E-state index is 9.52. The van der Waals surface area contributed by atoms with Gasteiger partial charge in [-0.05, 0) is 0 Å².